The maximum atomic E-state index is 5.31. The molecular weight excluding hydrogens is 188 g/mol. The van der Waals surface area contributed by atoms with Crippen LogP contribution in [-0.4, -0.2) is 11.1 Å². The number of fused-ring (bicyclic) bond motifs is 1. The maximum Gasteiger partial charge on any atom is 0.108 e. The van der Waals surface area contributed by atoms with E-state index in [1.807, 2.05) is 6.92 Å². The molecule has 3 nitrogen and oxygen atoms in total. The molecular formula is C12H16N2O. The molecule has 0 radical (unpaired) electrons. The third-order valence-corrected chi connectivity index (χ3v) is 2.52. The minimum atomic E-state index is 0.596. The Morgan fingerprint density at radius 1 is 1.33 bits per heavy atom. The van der Waals surface area contributed by atoms with Gasteiger partial charge in [0.25, 0.3) is 0 Å². The van der Waals surface area contributed by atoms with Gasteiger partial charge in [-0.05, 0) is 17.5 Å². The van der Waals surface area contributed by atoms with E-state index in [0.29, 0.717) is 6.61 Å². The fourth-order valence-corrected chi connectivity index (χ4v) is 1.71. The van der Waals surface area contributed by atoms with Crippen molar-refractivity contribution in [2.24, 2.45) is 7.05 Å². The molecule has 0 saturated carbocycles. The summed E-state index contributed by atoms with van der Waals surface area (Å²) < 4.78 is 2.16. The Balaban J connectivity index is 2.24. The summed E-state index contributed by atoms with van der Waals surface area (Å²) in [5.41, 5.74) is 5.28. The molecule has 3 heteroatoms. The highest BCUT2D eigenvalue weighted by molar-refractivity contribution is 5.81. The van der Waals surface area contributed by atoms with E-state index in [9.17, 15) is 0 Å². The van der Waals surface area contributed by atoms with Crippen LogP contribution >= 0.6 is 0 Å². The van der Waals surface area contributed by atoms with E-state index in [-0.39, 0.29) is 0 Å². The van der Waals surface area contributed by atoms with Crippen LogP contribution in [0.15, 0.2) is 30.3 Å². The molecule has 0 spiro atoms. The molecule has 80 valence electrons. The number of para-hydroxylation sites is 1. The smallest absolute Gasteiger partial charge is 0.108 e. The minimum Gasteiger partial charge on any atom is -0.345 e. The molecule has 0 aliphatic heterocycles. The van der Waals surface area contributed by atoms with Gasteiger partial charge in [0.1, 0.15) is 6.61 Å². The summed E-state index contributed by atoms with van der Waals surface area (Å²) in [5.74, 6) is 0. The Morgan fingerprint density at radius 2 is 2.13 bits per heavy atom. The quantitative estimate of drug-likeness (QED) is 0.610. The third kappa shape index (κ3) is 2.03. The lowest BCUT2D eigenvalue weighted by Crippen LogP contribution is -2.14. The second-order valence-corrected chi connectivity index (χ2v) is 3.54. The lowest BCUT2D eigenvalue weighted by molar-refractivity contribution is 0.0284. The van der Waals surface area contributed by atoms with Crippen molar-refractivity contribution < 1.29 is 4.84 Å². The highest BCUT2D eigenvalue weighted by atomic mass is 16.6. The van der Waals surface area contributed by atoms with Crippen molar-refractivity contribution in [2.45, 2.75) is 13.5 Å². The lowest BCUT2D eigenvalue weighted by atomic mass is 10.2. The zero-order valence-electron chi connectivity index (χ0n) is 9.16. The number of nitrogens with zero attached hydrogens (tertiary/aromatic N) is 1. The summed E-state index contributed by atoms with van der Waals surface area (Å²) in [7, 11) is 2.06. The molecule has 1 aromatic heterocycles. The van der Waals surface area contributed by atoms with Gasteiger partial charge in [0.15, 0.2) is 0 Å². The Hall–Kier alpha value is -1.32. The summed E-state index contributed by atoms with van der Waals surface area (Å²) in [5, 5.41) is 1.26. The van der Waals surface area contributed by atoms with Crippen LogP contribution in [0, 0.1) is 0 Å². The SMILES string of the molecule is CCNOCc1cc2ccccc2n1C. The van der Waals surface area contributed by atoms with Crippen molar-refractivity contribution in [3.63, 3.8) is 0 Å². The topological polar surface area (TPSA) is 26.2 Å². The molecule has 0 amide bonds. The Morgan fingerprint density at radius 3 is 2.87 bits per heavy atom. The summed E-state index contributed by atoms with van der Waals surface area (Å²) in [6.07, 6.45) is 0. The van der Waals surface area contributed by atoms with Crippen LogP contribution in [0.3, 0.4) is 0 Å². The predicted octanol–water partition coefficient (Wildman–Crippen LogP) is 2.22. The zero-order chi connectivity index (χ0) is 10.7. The van der Waals surface area contributed by atoms with Crippen molar-refractivity contribution in [3.05, 3.63) is 36.0 Å². The molecule has 2 rings (SSSR count). The molecule has 1 heterocycles. The van der Waals surface area contributed by atoms with Crippen LogP contribution in [0.25, 0.3) is 10.9 Å². The number of hydrogen-bond acceptors (Lipinski definition) is 2. The number of aromatic nitrogens is 1. The number of hydroxylamine groups is 1. The lowest BCUT2D eigenvalue weighted by Gasteiger charge is -2.05. The first-order chi connectivity index (χ1) is 7.33. The standard InChI is InChI=1S/C12H16N2O/c1-3-13-15-9-11-8-10-6-4-5-7-12(10)14(11)2/h4-8,13H,3,9H2,1-2H3. The van der Waals surface area contributed by atoms with Gasteiger partial charge in [-0.15, -0.1) is 0 Å². The van der Waals surface area contributed by atoms with Crippen LogP contribution in [0.2, 0.25) is 0 Å². The van der Waals surface area contributed by atoms with E-state index in [0.717, 1.165) is 6.54 Å². The van der Waals surface area contributed by atoms with Gasteiger partial charge < -0.3 is 4.57 Å². The molecule has 0 fully saturated rings. The van der Waals surface area contributed by atoms with Gasteiger partial charge in [0.2, 0.25) is 0 Å². The van der Waals surface area contributed by atoms with Crippen molar-refractivity contribution in [1.82, 2.24) is 10.0 Å². The van der Waals surface area contributed by atoms with Crippen LogP contribution in [0.1, 0.15) is 12.6 Å². The summed E-state index contributed by atoms with van der Waals surface area (Å²) in [4.78, 5) is 5.31. The summed E-state index contributed by atoms with van der Waals surface area (Å²) in [6.45, 7) is 3.43. The first kappa shape index (κ1) is 10.2. The van der Waals surface area contributed by atoms with E-state index >= 15 is 0 Å². The Bertz CT molecular complexity index is 448. The molecule has 0 unspecified atom stereocenters. The Kier molecular flexibility index (Phi) is 3.04. The fourth-order valence-electron chi connectivity index (χ4n) is 1.71. The minimum absolute atomic E-state index is 0.596. The van der Waals surface area contributed by atoms with E-state index in [4.69, 9.17) is 4.84 Å². The molecule has 15 heavy (non-hydrogen) atoms. The van der Waals surface area contributed by atoms with E-state index in [1.165, 1.54) is 16.6 Å². The first-order valence-electron chi connectivity index (χ1n) is 5.21. The monoisotopic (exact) mass is 204 g/mol. The fraction of sp³-hybridized carbons (Fsp3) is 0.333. The van der Waals surface area contributed by atoms with Crippen molar-refractivity contribution >= 4 is 10.9 Å². The van der Waals surface area contributed by atoms with Crippen LogP contribution in [0.5, 0.6) is 0 Å². The van der Waals surface area contributed by atoms with Gasteiger partial charge >= 0.3 is 0 Å². The predicted molar refractivity (Wildman–Crippen MR) is 61.4 cm³/mol. The zero-order valence-corrected chi connectivity index (χ0v) is 9.16. The molecule has 0 saturated heterocycles. The average molecular weight is 204 g/mol. The van der Waals surface area contributed by atoms with Gasteiger partial charge in [-0.25, -0.2) is 5.48 Å². The highest BCUT2D eigenvalue weighted by Crippen LogP contribution is 2.18. The molecule has 0 aliphatic carbocycles. The second kappa shape index (κ2) is 4.47. The van der Waals surface area contributed by atoms with Crippen molar-refractivity contribution in [1.29, 1.82) is 0 Å². The van der Waals surface area contributed by atoms with E-state index in [2.05, 4.69) is 47.4 Å². The van der Waals surface area contributed by atoms with E-state index in [1.54, 1.807) is 0 Å². The summed E-state index contributed by atoms with van der Waals surface area (Å²) >= 11 is 0. The van der Waals surface area contributed by atoms with Crippen LogP contribution in [0.4, 0.5) is 0 Å². The molecule has 0 bridgehead atoms. The second-order valence-electron chi connectivity index (χ2n) is 3.54. The van der Waals surface area contributed by atoms with E-state index < -0.39 is 0 Å². The van der Waals surface area contributed by atoms with Gasteiger partial charge in [-0.3, -0.25) is 4.84 Å². The van der Waals surface area contributed by atoms with Crippen LogP contribution < -0.4 is 5.48 Å². The normalized spacial score (nSPS) is 11.1. The molecule has 1 N–H and O–H groups in total. The van der Waals surface area contributed by atoms with Gasteiger partial charge in [0, 0.05) is 24.8 Å². The highest BCUT2D eigenvalue weighted by Gasteiger charge is 2.04. The average Bonchev–Trinajstić information content (AvgIpc) is 2.57. The number of rotatable bonds is 4. The molecule has 2 aromatic rings. The van der Waals surface area contributed by atoms with Crippen molar-refractivity contribution in [3.8, 4) is 0 Å². The van der Waals surface area contributed by atoms with Crippen LogP contribution in [-0.2, 0) is 18.5 Å². The number of hydrogen-bond donors (Lipinski definition) is 1. The van der Waals surface area contributed by atoms with Gasteiger partial charge in [-0.2, -0.15) is 0 Å². The number of nitrogens with one attached hydrogen (secondary N) is 1. The molecule has 0 atom stereocenters. The first-order valence-corrected chi connectivity index (χ1v) is 5.21. The number of aryl methyl sites for hydroxylation is 1. The van der Waals surface area contributed by atoms with Gasteiger partial charge in [0.05, 0.1) is 0 Å². The van der Waals surface area contributed by atoms with Crippen molar-refractivity contribution in [2.75, 3.05) is 6.54 Å². The molecule has 0 aliphatic rings. The van der Waals surface area contributed by atoms with Gasteiger partial charge in [-0.1, -0.05) is 25.1 Å². The number of benzene rings is 1. The maximum absolute atomic E-state index is 5.31. The third-order valence-electron chi connectivity index (χ3n) is 2.52. The largest absolute Gasteiger partial charge is 0.345 e. The molecule has 1 aromatic carbocycles. The Labute approximate surface area is 89.6 Å². The summed E-state index contributed by atoms with van der Waals surface area (Å²) in [6, 6.07) is 10.5.